The average Bonchev–Trinajstić information content (AvgIpc) is 3.07. The van der Waals surface area contributed by atoms with Crippen LogP contribution >= 0.6 is 11.3 Å². The summed E-state index contributed by atoms with van der Waals surface area (Å²) in [5, 5.41) is 1.84. The SMILES string of the molecule is CCCC1(CC)CC(CC)N(S(=O)(=O)c2cccs2)C1. The predicted molar refractivity (Wildman–Crippen MR) is 84.5 cm³/mol. The molecule has 0 spiro atoms. The summed E-state index contributed by atoms with van der Waals surface area (Å²) in [5.41, 5.74) is 0.180. The fourth-order valence-corrected chi connectivity index (χ4v) is 6.36. The van der Waals surface area contributed by atoms with Crippen LogP contribution in [0.5, 0.6) is 0 Å². The van der Waals surface area contributed by atoms with Crippen LogP contribution < -0.4 is 0 Å². The second kappa shape index (κ2) is 6.16. The van der Waals surface area contributed by atoms with E-state index >= 15 is 0 Å². The van der Waals surface area contributed by atoms with E-state index in [9.17, 15) is 8.42 Å². The number of nitrogens with zero attached hydrogens (tertiary/aromatic N) is 1. The molecule has 3 nitrogen and oxygen atoms in total. The minimum atomic E-state index is -3.30. The van der Waals surface area contributed by atoms with Gasteiger partial charge in [0.15, 0.2) is 0 Å². The fourth-order valence-electron chi connectivity index (χ4n) is 3.43. The summed E-state index contributed by atoms with van der Waals surface area (Å²) in [6, 6.07) is 3.69. The lowest BCUT2D eigenvalue weighted by Gasteiger charge is -2.27. The number of hydrogen-bond acceptors (Lipinski definition) is 3. The van der Waals surface area contributed by atoms with Crippen molar-refractivity contribution in [3.63, 3.8) is 0 Å². The van der Waals surface area contributed by atoms with E-state index in [1.165, 1.54) is 11.3 Å². The van der Waals surface area contributed by atoms with Crippen molar-refractivity contribution in [2.45, 2.75) is 63.1 Å². The zero-order valence-corrected chi connectivity index (χ0v) is 14.3. The molecule has 2 unspecified atom stereocenters. The van der Waals surface area contributed by atoms with Gasteiger partial charge in [-0.05, 0) is 42.5 Å². The summed E-state index contributed by atoms with van der Waals surface area (Å²) in [6.07, 6.45) is 5.22. The third-order valence-electron chi connectivity index (χ3n) is 4.63. The molecule has 1 aliphatic heterocycles. The Balaban J connectivity index is 2.32. The molecule has 0 aromatic carbocycles. The molecule has 1 aliphatic rings. The van der Waals surface area contributed by atoms with Crippen LogP contribution in [0.3, 0.4) is 0 Å². The highest BCUT2D eigenvalue weighted by molar-refractivity contribution is 7.91. The lowest BCUT2D eigenvalue weighted by atomic mass is 9.78. The molecule has 1 aromatic heterocycles. The zero-order valence-electron chi connectivity index (χ0n) is 12.6. The lowest BCUT2D eigenvalue weighted by molar-refractivity contribution is 0.264. The summed E-state index contributed by atoms with van der Waals surface area (Å²) in [6.45, 7) is 7.17. The molecule has 114 valence electrons. The summed E-state index contributed by atoms with van der Waals surface area (Å²) in [7, 11) is -3.30. The van der Waals surface area contributed by atoms with Gasteiger partial charge in [-0.15, -0.1) is 11.3 Å². The topological polar surface area (TPSA) is 37.4 Å². The fraction of sp³-hybridized carbons (Fsp3) is 0.733. The molecule has 0 amide bonds. The Morgan fingerprint density at radius 1 is 1.40 bits per heavy atom. The molecule has 1 aromatic rings. The molecule has 0 bridgehead atoms. The van der Waals surface area contributed by atoms with Crippen LogP contribution in [-0.2, 0) is 10.0 Å². The lowest BCUT2D eigenvalue weighted by Crippen LogP contribution is -2.36. The van der Waals surface area contributed by atoms with Crippen molar-refractivity contribution in [1.82, 2.24) is 4.31 Å². The maximum atomic E-state index is 12.8. The maximum Gasteiger partial charge on any atom is 0.252 e. The predicted octanol–water partition coefficient (Wildman–Crippen LogP) is 4.12. The largest absolute Gasteiger partial charge is 0.252 e. The Hall–Kier alpha value is -0.390. The molecule has 1 saturated heterocycles. The normalized spacial score (nSPS) is 28.1. The molecule has 5 heteroatoms. The first-order chi connectivity index (χ1) is 9.49. The molecule has 2 atom stereocenters. The molecule has 0 aliphatic carbocycles. The van der Waals surface area contributed by atoms with Gasteiger partial charge in [-0.3, -0.25) is 0 Å². The molecule has 1 fully saturated rings. The van der Waals surface area contributed by atoms with Gasteiger partial charge < -0.3 is 0 Å². The van der Waals surface area contributed by atoms with Crippen LogP contribution in [0.15, 0.2) is 21.7 Å². The van der Waals surface area contributed by atoms with Crippen molar-refractivity contribution in [2.75, 3.05) is 6.54 Å². The van der Waals surface area contributed by atoms with Crippen molar-refractivity contribution in [3.05, 3.63) is 17.5 Å². The second-order valence-corrected chi connectivity index (χ2v) is 8.92. The van der Waals surface area contributed by atoms with Crippen LogP contribution in [0.25, 0.3) is 0 Å². The van der Waals surface area contributed by atoms with Gasteiger partial charge in [0.1, 0.15) is 4.21 Å². The Morgan fingerprint density at radius 3 is 2.65 bits per heavy atom. The number of sulfonamides is 1. The van der Waals surface area contributed by atoms with Crippen molar-refractivity contribution in [2.24, 2.45) is 5.41 Å². The molecule has 2 rings (SSSR count). The van der Waals surface area contributed by atoms with Crippen molar-refractivity contribution >= 4 is 21.4 Å². The molecule has 0 saturated carbocycles. The minimum absolute atomic E-state index is 0.161. The standard InChI is InChI=1S/C15H25NO2S2/c1-4-9-15(6-3)11-13(5-2)16(12-15)20(17,18)14-8-7-10-19-14/h7-8,10,13H,4-6,9,11-12H2,1-3H3. The first-order valence-electron chi connectivity index (χ1n) is 7.54. The molecule has 0 radical (unpaired) electrons. The van der Waals surface area contributed by atoms with Crippen molar-refractivity contribution in [1.29, 1.82) is 0 Å². The third kappa shape index (κ3) is 2.81. The monoisotopic (exact) mass is 315 g/mol. The average molecular weight is 316 g/mol. The first kappa shape index (κ1) is 16.0. The van der Waals surface area contributed by atoms with Gasteiger partial charge in [0.25, 0.3) is 10.0 Å². The third-order valence-corrected chi connectivity index (χ3v) is 7.90. The highest BCUT2D eigenvalue weighted by Crippen LogP contribution is 2.45. The van der Waals surface area contributed by atoms with Gasteiger partial charge in [-0.2, -0.15) is 4.31 Å². The van der Waals surface area contributed by atoms with E-state index in [4.69, 9.17) is 0 Å². The minimum Gasteiger partial charge on any atom is -0.206 e. The molecular weight excluding hydrogens is 290 g/mol. The molecule has 2 heterocycles. The van der Waals surface area contributed by atoms with Crippen LogP contribution in [0.1, 0.15) is 52.9 Å². The van der Waals surface area contributed by atoms with E-state index in [0.717, 1.165) is 32.1 Å². The summed E-state index contributed by atoms with van der Waals surface area (Å²) in [5.74, 6) is 0. The first-order valence-corrected chi connectivity index (χ1v) is 9.86. The van der Waals surface area contributed by atoms with Gasteiger partial charge in [-0.1, -0.05) is 33.3 Å². The molecular formula is C15H25NO2S2. The van der Waals surface area contributed by atoms with E-state index < -0.39 is 10.0 Å². The van der Waals surface area contributed by atoms with Crippen LogP contribution in [0.2, 0.25) is 0 Å². The van der Waals surface area contributed by atoms with Crippen molar-refractivity contribution in [3.8, 4) is 0 Å². The summed E-state index contributed by atoms with van der Waals surface area (Å²) >= 11 is 1.32. The smallest absolute Gasteiger partial charge is 0.206 e. The van der Waals surface area contributed by atoms with E-state index in [-0.39, 0.29) is 11.5 Å². The quantitative estimate of drug-likeness (QED) is 0.792. The zero-order chi connectivity index (χ0) is 14.8. The Labute approximate surface area is 127 Å². The van der Waals surface area contributed by atoms with Gasteiger partial charge in [0.2, 0.25) is 0 Å². The number of rotatable bonds is 6. The summed E-state index contributed by atoms with van der Waals surface area (Å²) < 4.78 is 27.9. The highest BCUT2D eigenvalue weighted by atomic mass is 32.2. The highest BCUT2D eigenvalue weighted by Gasteiger charge is 2.46. The van der Waals surface area contributed by atoms with E-state index in [2.05, 4.69) is 20.8 Å². The van der Waals surface area contributed by atoms with Gasteiger partial charge in [0, 0.05) is 12.6 Å². The Morgan fingerprint density at radius 2 is 2.15 bits per heavy atom. The second-order valence-electron chi connectivity index (χ2n) is 5.85. The Bertz CT molecular complexity index is 524. The van der Waals surface area contributed by atoms with E-state index in [1.807, 2.05) is 11.4 Å². The number of thiophene rings is 1. The van der Waals surface area contributed by atoms with Gasteiger partial charge in [0.05, 0.1) is 0 Å². The van der Waals surface area contributed by atoms with Gasteiger partial charge >= 0.3 is 0 Å². The number of hydrogen-bond donors (Lipinski definition) is 0. The summed E-state index contributed by atoms with van der Waals surface area (Å²) in [4.78, 5) is 0. The molecule has 20 heavy (non-hydrogen) atoms. The van der Waals surface area contributed by atoms with Crippen LogP contribution in [0.4, 0.5) is 0 Å². The van der Waals surface area contributed by atoms with Crippen molar-refractivity contribution < 1.29 is 8.42 Å². The van der Waals surface area contributed by atoms with E-state index in [0.29, 0.717) is 10.8 Å². The van der Waals surface area contributed by atoms with Crippen LogP contribution in [0, 0.1) is 5.41 Å². The van der Waals surface area contributed by atoms with Crippen LogP contribution in [-0.4, -0.2) is 25.3 Å². The Kier molecular flexibility index (Phi) is 4.92. The maximum absolute atomic E-state index is 12.8. The van der Waals surface area contributed by atoms with Gasteiger partial charge in [-0.25, -0.2) is 8.42 Å². The molecule has 0 N–H and O–H groups in total. The van der Waals surface area contributed by atoms with E-state index in [1.54, 1.807) is 10.4 Å².